The van der Waals surface area contributed by atoms with Crippen molar-refractivity contribution in [2.75, 3.05) is 0 Å². The van der Waals surface area contributed by atoms with Crippen LogP contribution in [0.4, 0.5) is 4.79 Å². The van der Waals surface area contributed by atoms with Crippen molar-refractivity contribution in [2.24, 2.45) is 0 Å². The van der Waals surface area contributed by atoms with Crippen LogP contribution < -0.4 is 10.4 Å². The van der Waals surface area contributed by atoms with Crippen molar-refractivity contribution in [3.8, 4) is 0 Å². The van der Waals surface area contributed by atoms with Crippen LogP contribution in [0.25, 0.3) is 0 Å². The summed E-state index contributed by atoms with van der Waals surface area (Å²) in [5, 5.41) is 4.91. The Morgan fingerprint density at radius 3 is 2.10 bits per heavy atom. The van der Waals surface area contributed by atoms with Gasteiger partial charge in [-0.15, -0.1) is 0 Å². The molecule has 0 bridgehead atoms. The molecule has 2 N–H and O–H groups in total. The second kappa shape index (κ2) is 8.17. The van der Waals surface area contributed by atoms with Crippen molar-refractivity contribution < 1.29 is 18.4 Å². The smallest absolute Gasteiger partial charge is 0.334 e. The molecule has 1 aromatic carbocycles. The fraction of sp³-hybridized carbons (Fsp3) is 0.500. The van der Waals surface area contributed by atoms with Gasteiger partial charge in [-0.05, 0) is 33.3 Å². The Labute approximate surface area is 125 Å². The first kappa shape index (κ1) is 17.7. The fourth-order valence-corrected chi connectivity index (χ4v) is 3.17. The molecule has 1 aromatic rings. The van der Waals surface area contributed by atoms with Crippen LogP contribution in [-0.2, 0) is 20.2 Å². The van der Waals surface area contributed by atoms with E-state index < -0.39 is 13.8 Å². The highest BCUT2D eigenvalue weighted by Crippen LogP contribution is 2.46. The zero-order valence-corrected chi connectivity index (χ0v) is 13.7. The minimum absolute atomic E-state index is 0.329. The predicted molar refractivity (Wildman–Crippen MR) is 81.9 cm³/mol. The second-order valence-corrected chi connectivity index (χ2v) is 6.73. The van der Waals surface area contributed by atoms with E-state index in [2.05, 4.69) is 10.4 Å². The molecule has 0 aliphatic carbocycles. The van der Waals surface area contributed by atoms with E-state index in [1.54, 1.807) is 27.7 Å². The van der Waals surface area contributed by atoms with Crippen molar-refractivity contribution in [3.05, 3.63) is 35.9 Å². The average Bonchev–Trinajstić information content (AvgIpc) is 2.35. The van der Waals surface area contributed by atoms with Crippen LogP contribution in [0, 0.1) is 0 Å². The van der Waals surface area contributed by atoms with Gasteiger partial charge in [-0.2, -0.15) is 0 Å². The first-order valence-electron chi connectivity index (χ1n) is 6.87. The number of nitrogens with one attached hydrogen (secondary N) is 2. The lowest BCUT2D eigenvalue weighted by Gasteiger charge is -2.22. The van der Waals surface area contributed by atoms with Crippen molar-refractivity contribution >= 4 is 13.8 Å². The van der Waals surface area contributed by atoms with E-state index in [4.69, 9.17) is 9.05 Å². The van der Waals surface area contributed by atoms with Gasteiger partial charge < -0.3 is 5.32 Å². The maximum absolute atomic E-state index is 12.4. The van der Waals surface area contributed by atoms with E-state index in [9.17, 15) is 9.36 Å². The van der Waals surface area contributed by atoms with Gasteiger partial charge in [0.05, 0.1) is 12.2 Å². The highest BCUT2D eigenvalue weighted by molar-refractivity contribution is 7.52. The molecule has 2 amide bonds. The standard InChI is InChI=1S/C14H23N2O4P/c1-11(2)19-21(18,20-12(3)4)16-14(17)15-10-13-8-6-5-7-9-13/h5-9,11-12H,10H2,1-4H3,(H2,15,16,17,18). The maximum Gasteiger partial charge on any atom is 0.436 e. The highest BCUT2D eigenvalue weighted by Gasteiger charge is 2.30. The number of benzene rings is 1. The van der Waals surface area contributed by atoms with Crippen molar-refractivity contribution in [3.63, 3.8) is 0 Å². The van der Waals surface area contributed by atoms with E-state index in [0.29, 0.717) is 6.54 Å². The van der Waals surface area contributed by atoms with Crippen molar-refractivity contribution in [2.45, 2.75) is 46.4 Å². The molecule has 0 aromatic heterocycles. The molecule has 7 heteroatoms. The summed E-state index contributed by atoms with van der Waals surface area (Å²) >= 11 is 0. The van der Waals surface area contributed by atoms with E-state index in [1.165, 1.54) is 0 Å². The van der Waals surface area contributed by atoms with Crippen molar-refractivity contribution in [1.82, 2.24) is 10.4 Å². The number of amides is 2. The van der Waals surface area contributed by atoms with Gasteiger partial charge in [0.25, 0.3) is 0 Å². The van der Waals surface area contributed by atoms with Crippen LogP contribution in [0.1, 0.15) is 33.3 Å². The van der Waals surface area contributed by atoms with Crippen molar-refractivity contribution in [1.29, 1.82) is 0 Å². The van der Waals surface area contributed by atoms with Crippen LogP contribution in [0.5, 0.6) is 0 Å². The molecule has 0 aliphatic rings. The Kier molecular flexibility index (Phi) is 6.89. The lowest BCUT2D eigenvalue weighted by Crippen LogP contribution is -2.35. The molecule has 0 unspecified atom stereocenters. The summed E-state index contributed by atoms with van der Waals surface area (Å²) in [7, 11) is -3.67. The van der Waals surface area contributed by atoms with Gasteiger partial charge in [0.15, 0.2) is 0 Å². The Morgan fingerprint density at radius 1 is 1.10 bits per heavy atom. The molecule has 1 rings (SSSR count). The lowest BCUT2D eigenvalue weighted by molar-refractivity contribution is 0.136. The molecule has 0 atom stereocenters. The third-order valence-corrected chi connectivity index (χ3v) is 4.11. The normalized spacial score (nSPS) is 11.7. The lowest BCUT2D eigenvalue weighted by atomic mass is 10.2. The molecular weight excluding hydrogens is 291 g/mol. The van der Waals surface area contributed by atoms with Crippen LogP contribution in [-0.4, -0.2) is 18.2 Å². The van der Waals surface area contributed by atoms with Crippen LogP contribution in [0.3, 0.4) is 0 Å². The number of hydrogen-bond acceptors (Lipinski definition) is 4. The first-order valence-corrected chi connectivity index (χ1v) is 8.42. The Balaban J connectivity index is 2.57. The zero-order chi connectivity index (χ0) is 15.9. The summed E-state index contributed by atoms with van der Waals surface area (Å²) < 4.78 is 22.9. The summed E-state index contributed by atoms with van der Waals surface area (Å²) in [6.07, 6.45) is -0.659. The van der Waals surface area contributed by atoms with Gasteiger partial charge in [0, 0.05) is 6.54 Å². The summed E-state index contributed by atoms with van der Waals surface area (Å²) in [6, 6.07) is 8.82. The van der Waals surface area contributed by atoms with Gasteiger partial charge in [0.2, 0.25) is 0 Å². The highest BCUT2D eigenvalue weighted by atomic mass is 31.2. The van der Waals surface area contributed by atoms with E-state index >= 15 is 0 Å². The summed E-state index contributed by atoms with van der Waals surface area (Å²) in [6.45, 7) is 7.22. The largest absolute Gasteiger partial charge is 0.436 e. The Hall–Kier alpha value is -1.36. The number of carbonyl (C=O) groups is 1. The van der Waals surface area contributed by atoms with Gasteiger partial charge >= 0.3 is 13.8 Å². The van der Waals surface area contributed by atoms with Crippen LogP contribution >= 0.6 is 7.75 Å². The molecule has 0 spiro atoms. The number of carbonyl (C=O) groups excluding carboxylic acids is 1. The number of urea groups is 1. The number of hydrogen-bond donors (Lipinski definition) is 2. The molecule has 0 saturated carbocycles. The second-order valence-electron chi connectivity index (χ2n) is 5.09. The van der Waals surface area contributed by atoms with E-state index in [-0.39, 0.29) is 12.2 Å². The first-order chi connectivity index (χ1) is 9.81. The molecule has 0 heterocycles. The average molecular weight is 314 g/mol. The monoisotopic (exact) mass is 314 g/mol. The van der Waals surface area contributed by atoms with E-state index in [1.807, 2.05) is 30.3 Å². The quantitative estimate of drug-likeness (QED) is 0.756. The predicted octanol–water partition coefficient (Wildman–Crippen LogP) is 3.44. The summed E-state index contributed by atoms with van der Waals surface area (Å²) in [5.74, 6) is 0. The molecule has 118 valence electrons. The SMILES string of the molecule is CC(C)OP(=O)(NC(=O)NCc1ccccc1)OC(C)C. The van der Waals surface area contributed by atoms with Gasteiger partial charge in [-0.1, -0.05) is 30.3 Å². The third-order valence-electron chi connectivity index (χ3n) is 2.23. The van der Waals surface area contributed by atoms with Gasteiger partial charge in [0.1, 0.15) is 0 Å². The fourth-order valence-electron chi connectivity index (χ4n) is 1.57. The molecular formula is C14H23N2O4P. The van der Waals surface area contributed by atoms with E-state index in [0.717, 1.165) is 5.56 Å². The molecule has 0 saturated heterocycles. The minimum Gasteiger partial charge on any atom is -0.334 e. The topological polar surface area (TPSA) is 76.7 Å². The molecule has 0 aliphatic heterocycles. The molecule has 21 heavy (non-hydrogen) atoms. The Morgan fingerprint density at radius 2 is 1.62 bits per heavy atom. The maximum atomic E-state index is 12.4. The Bertz CT molecular complexity index is 477. The number of rotatable bonds is 7. The summed E-state index contributed by atoms with van der Waals surface area (Å²) in [5.41, 5.74) is 0.942. The molecule has 0 fully saturated rings. The van der Waals surface area contributed by atoms with Gasteiger partial charge in [-0.25, -0.2) is 14.4 Å². The minimum atomic E-state index is -3.67. The zero-order valence-electron chi connectivity index (χ0n) is 12.8. The molecule has 6 nitrogen and oxygen atoms in total. The van der Waals surface area contributed by atoms with Gasteiger partial charge in [-0.3, -0.25) is 9.05 Å². The third kappa shape index (κ3) is 7.27. The van der Waals surface area contributed by atoms with Crippen LogP contribution in [0.15, 0.2) is 30.3 Å². The summed E-state index contributed by atoms with van der Waals surface area (Å²) in [4.78, 5) is 11.8. The molecule has 0 radical (unpaired) electrons. The van der Waals surface area contributed by atoms with Crippen LogP contribution in [0.2, 0.25) is 0 Å².